The molecule has 0 saturated heterocycles. The van der Waals surface area contributed by atoms with E-state index in [1.54, 1.807) is 29.1 Å². The number of nitrogens with zero attached hydrogens (tertiary/aromatic N) is 4. The Balaban J connectivity index is 1.88. The number of carbonyl (C=O) groups is 1. The number of aliphatic hydroxyl groups is 1. The van der Waals surface area contributed by atoms with Crippen LogP contribution in [0.25, 0.3) is 16.5 Å². The molecule has 8 heteroatoms. The molecule has 3 heterocycles. The van der Waals surface area contributed by atoms with E-state index in [0.29, 0.717) is 23.6 Å². The minimum absolute atomic E-state index is 0.212. The second-order valence-electron chi connectivity index (χ2n) is 6.01. The van der Waals surface area contributed by atoms with Crippen molar-refractivity contribution in [2.24, 2.45) is 0 Å². The predicted molar refractivity (Wildman–Crippen MR) is 101 cm³/mol. The molecule has 0 radical (unpaired) electrons. The number of rotatable bonds is 6. The van der Waals surface area contributed by atoms with Gasteiger partial charge in [-0.3, -0.25) is 4.79 Å². The van der Waals surface area contributed by atoms with E-state index in [1.807, 2.05) is 31.4 Å². The van der Waals surface area contributed by atoms with Crippen LogP contribution < -0.4 is 5.32 Å². The monoisotopic (exact) mass is 371 g/mol. The van der Waals surface area contributed by atoms with E-state index in [-0.39, 0.29) is 12.5 Å². The van der Waals surface area contributed by atoms with Crippen LogP contribution in [0.3, 0.4) is 0 Å². The maximum absolute atomic E-state index is 12.3. The Bertz CT molecular complexity index is 904. The van der Waals surface area contributed by atoms with E-state index in [2.05, 4.69) is 20.4 Å². The van der Waals surface area contributed by atoms with Crippen molar-refractivity contribution in [3.63, 3.8) is 0 Å². The quantitative estimate of drug-likeness (QED) is 0.694. The lowest BCUT2D eigenvalue weighted by Crippen LogP contribution is -2.31. The highest BCUT2D eigenvalue weighted by Gasteiger charge is 2.18. The van der Waals surface area contributed by atoms with Gasteiger partial charge in [-0.15, -0.1) is 11.3 Å². The third kappa shape index (κ3) is 3.66. The number of aliphatic hydroxyl groups excluding tert-OH is 1. The van der Waals surface area contributed by atoms with Crippen LogP contribution in [0.4, 0.5) is 0 Å². The fraction of sp³-hybridized carbons (Fsp3) is 0.333. The first-order valence-electron chi connectivity index (χ1n) is 8.40. The van der Waals surface area contributed by atoms with Gasteiger partial charge in [-0.25, -0.2) is 14.6 Å². The Morgan fingerprint density at radius 3 is 2.88 bits per heavy atom. The van der Waals surface area contributed by atoms with E-state index in [9.17, 15) is 9.90 Å². The van der Waals surface area contributed by atoms with Gasteiger partial charge in [-0.05, 0) is 37.3 Å². The summed E-state index contributed by atoms with van der Waals surface area (Å²) in [5.41, 5.74) is 2.93. The third-order valence-electron chi connectivity index (χ3n) is 4.13. The van der Waals surface area contributed by atoms with Crippen molar-refractivity contribution in [3.05, 3.63) is 46.7 Å². The van der Waals surface area contributed by atoms with Gasteiger partial charge < -0.3 is 10.4 Å². The van der Waals surface area contributed by atoms with Crippen LogP contribution in [0, 0.1) is 13.8 Å². The summed E-state index contributed by atoms with van der Waals surface area (Å²) in [6, 6.07) is 3.99. The van der Waals surface area contributed by atoms with E-state index in [0.717, 1.165) is 16.1 Å². The topological polar surface area (TPSA) is 92.9 Å². The molecule has 2 N–H and O–H groups in total. The summed E-state index contributed by atoms with van der Waals surface area (Å²) >= 11 is 1.61. The Hall–Kier alpha value is -2.58. The molecule has 1 unspecified atom stereocenters. The summed E-state index contributed by atoms with van der Waals surface area (Å²) in [5, 5.41) is 18.6. The summed E-state index contributed by atoms with van der Waals surface area (Å²) in [6.07, 6.45) is 3.29. The van der Waals surface area contributed by atoms with Gasteiger partial charge in [0.1, 0.15) is 0 Å². The highest BCUT2D eigenvalue weighted by Crippen LogP contribution is 2.26. The molecule has 0 aliphatic rings. The number of hydrogen-bond acceptors (Lipinski definition) is 6. The molecule has 0 saturated carbocycles. The van der Waals surface area contributed by atoms with Crippen LogP contribution >= 0.6 is 11.3 Å². The fourth-order valence-electron chi connectivity index (χ4n) is 2.48. The summed E-state index contributed by atoms with van der Waals surface area (Å²) in [6.45, 7) is 5.84. The summed E-state index contributed by atoms with van der Waals surface area (Å²) in [7, 11) is 0. The lowest BCUT2D eigenvalue weighted by molar-refractivity contribution is 0.0913. The molecule has 7 nitrogen and oxygen atoms in total. The summed E-state index contributed by atoms with van der Waals surface area (Å²) in [5.74, 6) is 0.149. The smallest absolute Gasteiger partial charge is 0.254 e. The standard InChI is InChI=1S/C18H21N5O2S/c1-4-13(24)9-19-17(25)14-10-21-23(12(14)3)18-20-8-11(2)16(22-18)15-6-5-7-26-15/h5-8,10,13,24H,4,9H2,1-3H3,(H,19,25). The van der Waals surface area contributed by atoms with Crippen molar-refractivity contribution in [3.8, 4) is 16.5 Å². The first-order chi connectivity index (χ1) is 12.5. The van der Waals surface area contributed by atoms with Crippen LogP contribution in [0.1, 0.15) is 35.0 Å². The minimum Gasteiger partial charge on any atom is -0.391 e. The molecule has 0 spiro atoms. The molecular formula is C18H21N5O2S. The average molecular weight is 371 g/mol. The lowest BCUT2D eigenvalue weighted by atomic mass is 10.2. The Kier molecular flexibility index (Phi) is 5.43. The first-order valence-corrected chi connectivity index (χ1v) is 9.28. The maximum Gasteiger partial charge on any atom is 0.254 e. The van der Waals surface area contributed by atoms with Crippen LogP contribution in [0.15, 0.2) is 29.9 Å². The molecule has 0 fully saturated rings. The Labute approximate surface area is 155 Å². The molecular weight excluding hydrogens is 350 g/mol. The van der Waals surface area contributed by atoms with Gasteiger partial charge in [-0.1, -0.05) is 13.0 Å². The van der Waals surface area contributed by atoms with Crippen molar-refractivity contribution < 1.29 is 9.90 Å². The average Bonchev–Trinajstić information content (AvgIpc) is 3.30. The lowest BCUT2D eigenvalue weighted by Gasteiger charge is -2.10. The molecule has 0 aromatic carbocycles. The molecule has 0 aliphatic carbocycles. The zero-order valence-electron chi connectivity index (χ0n) is 14.9. The van der Waals surface area contributed by atoms with Crippen LogP contribution in [-0.2, 0) is 0 Å². The molecule has 0 bridgehead atoms. The summed E-state index contributed by atoms with van der Waals surface area (Å²) in [4.78, 5) is 22.4. The van der Waals surface area contributed by atoms with Crippen molar-refractivity contribution in [2.45, 2.75) is 33.3 Å². The van der Waals surface area contributed by atoms with Crippen molar-refractivity contribution in [1.82, 2.24) is 25.1 Å². The first kappa shape index (κ1) is 18.2. The molecule has 1 atom stereocenters. The largest absolute Gasteiger partial charge is 0.391 e. The van der Waals surface area contributed by atoms with Crippen molar-refractivity contribution in [1.29, 1.82) is 0 Å². The van der Waals surface area contributed by atoms with Gasteiger partial charge in [-0.2, -0.15) is 5.10 Å². The number of hydrogen-bond donors (Lipinski definition) is 2. The Morgan fingerprint density at radius 1 is 1.38 bits per heavy atom. The van der Waals surface area contributed by atoms with Gasteiger partial charge in [0, 0.05) is 12.7 Å². The van der Waals surface area contributed by atoms with Crippen LogP contribution in [0.5, 0.6) is 0 Å². The molecule has 3 aromatic rings. The van der Waals surface area contributed by atoms with Gasteiger partial charge in [0.15, 0.2) is 0 Å². The highest BCUT2D eigenvalue weighted by atomic mass is 32.1. The van der Waals surface area contributed by atoms with E-state index < -0.39 is 6.10 Å². The SMILES string of the molecule is CCC(O)CNC(=O)c1cnn(-c2ncc(C)c(-c3cccs3)n2)c1C. The Morgan fingerprint density at radius 2 is 2.19 bits per heavy atom. The normalized spacial score (nSPS) is 12.2. The van der Waals surface area contributed by atoms with E-state index in [4.69, 9.17) is 0 Å². The number of carbonyl (C=O) groups excluding carboxylic acids is 1. The van der Waals surface area contributed by atoms with Crippen molar-refractivity contribution in [2.75, 3.05) is 6.54 Å². The number of amides is 1. The zero-order chi connectivity index (χ0) is 18.7. The van der Waals surface area contributed by atoms with Crippen LogP contribution in [-0.4, -0.2) is 43.4 Å². The highest BCUT2D eigenvalue weighted by molar-refractivity contribution is 7.13. The molecule has 3 aromatic heterocycles. The second-order valence-corrected chi connectivity index (χ2v) is 6.95. The van der Waals surface area contributed by atoms with Gasteiger partial charge in [0.05, 0.1) is 34.1 Å². The fourth-order valence-corrected chi connectivity index (χ4v) is 3.26. The minimum atomic E-state index is -0.553. The molecule has 26 heavy (non-hydrogen) atoms. The van der Waals surface area contributed by atoms with E-state index in [1.165, 1.54) is 6.20 Å². The molecule has 136 valence electrons. The number of aryl methyl sites for hydroxylation is 1. The van der Waals surface area contributed by atoms with Gasteiger partial charge in [0.25, 0.3) is 11.9 Å². The molecule has 3 rings (SSSR count). The van der Waals surface area contributed by atoms with Crippen molar-refractivity contribution >= 4 is 17.2 Å². The van der Waals surface area contributed by atoms with E-state index >= 15 is 0 Å². The number of nitrogens with one attached hydrogen (secondary N) is 1. The van der Waals surface area contributed by atoms with Gasteiger partial charge in [0.2, 0.25) is 0 Å². The van der Waals surface area contributed by atoms with Crippen LogP contribution in [0.2, 0.25) is 0 Å². The summed E-state index contributed by atoms with van der Waals surface area (Å²) < 4.78 is 1.56. The van der Waals surface area contributed by atoms with Gasteiger partial charge >= 0.3 is 0 Å². The number of aromatic nitrogens is 4. The zero-order valence-corrected chi connectivity index (χ0v) is 15.7. The number of thiophene rings is 1. The third-order valence-corrected chi connectivity index (χ3v) is 5.00. The molecule has 1 amide bonds. The molecule has 0 aliphatic heterocycles. The second kappa shape index (κ2) is 7.76. The maximum atomic E-state index is 12.3. The predicted octanol–water partition coefficient (Wildman–Crippen LogP) is 2.51.